The summed E-state index contributed by atoms with van der Waals surface area (Å²) in [7, 11) is 0. The number of halogens is 2. The van der Waals surface area contributed by atoms with Gasteiger partial charge in [0.05, 0.1) is 6.61 Å². The van der Waals surface area contributed by atoms with Crippen molar-refractivity contribution in [1.29, 1.82) is 0 Å². The largest absolute Gasteiger partial charge is 0.375 e. The van der Waals surface area contributed by atoms with E-state index in [4.69, 9.17) is 0 Å². The number of Topliss-reactive ketones (excluding diaryl/α,β-unsaturated/α-hetero) is 1. The summed E-state index contributed by atoms with van der Waals surface area (Å²) >= 11 is 0. The summed E-state index contributed by atoms with van der Waals surface area (Å²) in [5.74, 6) is -0.0690. The van der Waals surface area contributed by atoms with E-state index in [-0.39, 0.29) is 18.8 Å². The Morgan fingerprint density at radius 1 is 1.35 bits per heavy atom. The van der Waals surface area contributed by atoms with Crippen LogP contribution in [0.25, 0.3) is 0 Å². The lowest BCUT2D eigenvalue weighted by molar-refractivity contribution is 0.0169. The first-order valence-electron chi connectivity index (χ1n) is 5.47. The topological polar surface area (TPSA) is 26.3 Å². The van der Waals surface area contributed by atoms with Gasteiger partial charge in [0.2, 0.25) is 0 Å². The number of alkyl halides is 2. The molecule has 17 heavy (non-hydrogen) atoms. The fourth-order valence-corrected chi connectivity index (χ4v) is 1.51. The molecule has 0 heterocycles. The lowest BCUT2D eigenvalue weighted by atomic mass is 10.0. The SMILES string of the molecule is Cc1ccc(C)c(C(=O)CCOCC(F)F)c1. The Hall–Kier alpha value is -1.29. The van der Waals surface area contributed by atoms with Crippen molar-refractivity contribution in [2.45, 2.75) is 26.7 Å². The fourth-order valence-electron chi connectivity index (χ4n) is 1.51. The molecule has 2 nitrogen and oxygen atoms in total. The van der Waals surface area contributed by atoms with Crippen LogP contribution in [-0.4, -0.2) is 25.4 Å². The van der Waals surface area contributed by atoms with Crippen molar-refractivity contribution in [2.75, 3.05) is 13.2 Å². The van der Waals surface area contributed by atoms with Gasteiger partial charge in [-0.05, 0) is 25.5 Å². The minimum absolute atomic E-state index is 0.0382. The maximum atomic E-state index is 11.8. The number of carbonyl (C=O) groups is 1. The van der Waals surface area contributed by atoms with Gasteiger partial charge in [-0.25, -0.2) is 8.78 Å². The summed E-state index contributed by atoms with van der Waals surface area (Å²) in [6, 6.07) is 5.62. The Morgan fingerprint density at radius 3 is 2.71 bits per heavy atom. The van der Waals surface area contributed by atoms with Crippen LogP contribution >= 0.6 is 0 Å². The third-order valence-corrected chi connectivity index (χ3v) is 2.41. The molecule has 0 saturated heterocycles. The lowest BCUT2D eigenvalue weighted by Crippen LogP contribution is -2.10. The van der Waals surface area contributed by atoms with E-state index in [1.807, 2.05) is 32.0 Å². The van der Waals surface area contributed by atoms with Crippen LogP contribution in [0.3, 0.4) is 0 Å². The average molecular weight is 242 g/mol. The van der Waals surface area contributed by atoms with Crippen molar-refractivity contribution in [3.63, 3.8) is 0 Å². The van der Waals surface area contributed by atoms with Gasteiger partial charge in [0.25, 0.3) is 6.43 Å². The van der Waals surface area contributed by atoms with Crippen molar-refractivity contribution in [1.82, 2.24) is 0 Å². The van der Waals surface area contributed by atoms with Crippen LogP contribution in [0.2, 0.25) is 0 Å². The highest BCUT2D eigenvalue weighted by molar-refractivity contribution is 5.97. The van der Waals surface area contributed by atoms with Crippen LogP contribution in [0, 0.1) is 13.8 Å². The van der Waals surface area contributed by atoms with Crippen molar-refractivity contribution in [3.05, 3.63) is 34.9 Å². The Kier molecular flexibility index (Phi) is 5.22. The molecule has 0 aliphatic heterocycles. The number of rotatable bonds is 6. The zero-order valence-corrected chi connectivity index (χ0v) is 10.0. The molecule has 0 bridgehead atoms. The van der Waals surface area contributed by atoms with Gasteiger partial charge >= 0.3 is 0 Å². The molecular weight excluding hydrogens is 226 g/mol. The van der Waals surface area contributed by atoms with Gasteiger partial charge < -0.3 is 4.74 Å². The van der Waals surface area contributed by atoms with Crippen LogP contribution in [0.1, 0.15) is 27.9 Å². The summed E-state index contributed by atoms with van der Waals surface area (Å²) in [4.78, 5) is 11.8. The first-order chi connectivity index (χ1) is 8.00. The molecular formula is C13H16F2O2. The second-order valence-corrected chi connectivity index (χ2v) is 3.96. The number of carbonyl (C=O) groups excluding carboxylic acids is 1. The first-order valence-corrected chi connectivity index (χ1v) is 5.47. The maximum Gasteiger partial charge on any atom is 0.261 e. The molecule has 1 rings (SSSR count). The molecule has 0 spiro atoms. The molecule has 0 saturated carbocycles. The van der Waals surface area contributed by atoms with Gasteiger partial charge in [0, 0.05) is 12.0 Å². The van der Waals surface area contributed by atoms with Crippen molar-refractivity contribution < 1.29 is 18.3 Å². The van der Waals surface area contributed by atoms with Crippen LogP contribution < -0.4 is 0 Å². The Morgan fingerprint density at radius 2 is 2.06 bits per heavy atom. The smallest absolute Gasteiger partial charge is 0.261 e. The number of ketones is 1. The molecule has 0 N–H and O–H groups in total. The number of hydrogen-bond donors (Lipinski definition) is 0. The Balaban J connectivity index is 2.49. The maximum absolute atomic E-state index is 11.8. The Labute approximate surface area is 99.6 Å². The predicted molar refractivity (Wildman–Crippen MR) is 61.7 cm³/mol. The van der Waals surface area contributed by atoms with E-state index in [1.54, 1.807) is 0 Å². The van der Waals surface area contributed by atoms with Gasteiger partial charge in [-0.2, -0.15) is 0 Å². The molecule has 0 unspecified atom stereocenters. The zero-order chi connectivity index (χ0) is 12.8. The standard InChI is InChI=1S/C13H16F2O2/c1-9-3-4-10(2)11(7-9)12(16)5-6-17-8-13(14)15/h3-4,7,13H,5-6,8H2,1-2H3. The van der Waals surface area contributed by atoms with Crippen LogP contribution in [-0.2, 0) is 4.74 Å². The van der Waals surface area contributed by atoms with E-state index in [0.717, 1.165) is 11.1 Å². The average Bonchev–Trinajstić information content (AvgIpc) is 2.27. The van der Waals surface area contributed by atoms with E-state index in [2.05, 4.69) is 4.74 Å². The van der Waals surface area contributed by atoms with Gasteiger partial charge in [-0.1, -0.05) is 17.7 Å². The molecule has 0 amide bonds. The molecule has 0 aliphatic rings. The summed E-state index contributed by atoms with van der Waals surface area (Å²) in [6.45, 7) is 3.19. The highest BCUT2D eigenvalue weighted by Gasteiger charge is 2.10. The molecule has 0 aromatic heterocycles. The van der Waals surface area contributed by atoms with Crippen LogP contribution in [0.4, 0.5) is 8.78 Å². The molecule has 0 fully saturated rings. The minimum atomic E-state index is -2.48. The highest BCUT2D eigenvalue weighted by Crippen LogP contribution is 2.13. The second kappa shape index (κ2) is 6.45. The van der Waals surface area contributed by atoms with Gasteiger partial charge in [-0.3, -0.25) is 4.79 Å². The molecule has 4 heteroatoms. The van der Waals surface area contributed by atoms with Gasteiger partial charge in [-0.15, -0.1) is 0 Å². The van der Waals surface area contributed by atoms with E-state index in [9.17, 15) is 13.6 Å². The third-order valence-electron chi connectivity index (χ3n) is 2.41. The van der Waals surface area contributed by atoms with E-state index < -0.39 is 13.0 Å². The normalized spacial score (nSPS) is 10.9. The van der Waals surface area contributed by atoms with Crippen molar-refractivity contribution in [2.24, 2.45) is 0 Å². The highest BCUT2D eigenvalue weighted by atomic mass is 19.3. The van der Waals surface area contributed by atoms with Gasteiger partial charge in [0.1, 0.15) is 6.61 Å². The summed E-state index contributed by atoms with van der Waals surface area (Å²) < 4.78 is 28.3. The second-order valence-electron chi connectivity index (χ2n) is 3.96. The van der Waals surface area contributed by atoms with Crippen molar-refractivity contribution >= 4 is 5.78 Å². The quantitative estimate of drug-likeness (QED) is 0.565. The molecule has 1 aromatic carbocycles. The van der Waals surface area contributed by atoms with E-state index >= 15 is 0 Å². The van der Waals surface area contributed by atoms with Gasteiger partial charge in [0.15, 0.2) is 5.78 Å². The predicted octanol–water partition coefficient (Wildman–Crippen LogP) is 3.16. The fraction of sp³-hybridized carbons (Fsp3) is 0.462. The molecule has 0 radical (unpaired) electrons. The number of benzene rings is 1. The lowest BCUT2D eigenvalue weighted by Gasteiger charge is -2.06. The summed E-state index contributed by atoms with van der Waals surface area (Å²) in [5.41, 5.74) is 2.55. The van der Waals surface area contributed by atoms with Crippen LogP contribution in [0.15, 0.2) is 18.2 Å². The zero-order valence-electron chi connectivity index (χ0n) is 10.0. The minimum Gasteiger partial charge on any atom is -0.375 e. The van der Waals surface area contributed by atoms with Crippen LogP contribution in [0.5, 0.6) is 0 Å². The monoisotopic (exact) mass is 242 g/mol. The number of hydrogen-bond acceptors (Lipinski definition) is 2. The molecule has 0 atom stereocenters. The van der Waals surface area contributed by atoms with E-state index in [1.165, 1.54) is 0 Å². The Bertz CT molecular complexity index is 389. The number of ether oxygens (including phenoxy) is 1. The molecule has 94 valence electrons. The summed E-state index contributed by atoms with van der Waals surface area (Å²) in [5, 5.41) is 0. The van der Waals surface area contributed by atoms with E-state index in [0.29, 0.717) is 5.56 Å². The molecule has 0 aliphatic carbocycles. The number of aryl methyl sites for hydroxylation is 2. The van der Waals surface area contributed by atoms with Crippen molar-refractivity contribution in [3.8, 4) is 0 Å². The molecule has 1 aromatic rings. The summed E-state index contributed by atoms with van der Waals surface area (Å²) in [6.07, 6.45) is -2.34. The first kappa shape index (κ1) is 13.8. The third kappa shape index (κ3) is 4.61.